The zero-order chi connectivity index (χ0) is 14.5. The number of piperidine rings is 1. The highest BCUT2D eigenvalue weighted by Crippen LogP contribution is 2.18. The smallest absolute Gasteiger partial charge is 0.271 e. The fourth-order valence-corrected chi connectivity index (χ4v) is 2.43. The molecule has 2 rings (SSSR count). The minimum absolute atomic E-state index is 0.0223. The first-order valence-corrected chi connectivity index (χ1v) is 6.82. The molecule has 20 heavy (non-hydrogen) atoms. The maximum absolute atomic E-state index is 12.1. The number of non-ortho nitro benzene ring substituents is 1. The average Bonchev–Trinajstić information content (AvgIpc) is 2.45. The summed E-state index contributed by atoms with van der Waals surface area (Å²) in [4.78, 5) is 24.2. The van der Waals surface area contributed by atoms with Gasteiger partial charge in [0.2, 0.25) is 5.91 Å². The molecule has 1 aliphatic heterocycles. The normalized spacial score (nSPS) is 18.6. The average molecular weight is 277 g/mol. The summed E-state index contributed by atoms with van der Waals surface area (Å²) in [7, 11) is 0. The van der Waals surface area contributed by atoms with E-state index in [-0.39, 0.29) is 18.1 Å². The Morgan fingerprint density at radius 2 is 2.35 bits per heavy atom. The largest absolute Gasteiger partial charge is 0.376 e. The van der Waals surface area contributed by atoms with E-state index in [9.17, 15) is 14.9 Å². The lowest BCUT2D eigenvalue weighted by molar-refractivity contribution is -0.384. The van der Waals surface area contributed by atoms with Crippen molar-refractivity contribution in [2.24, 2.45) is 5.92 Å². The van der Waals surface area contributed by atoms with Gasteiger partial charge in [-0.05, 0) is 24.8 Å². The molecule has 0 aromatic heterocycles. The zero-order valence-corrected chi connectivity index (χ0v) is 11.5. The molecule has 1 unspecified atom stereocenters. The first kappa shape index (κ1) is 14.3. The standard InChI is InChI=1S/C14H19N3O3/c1-11-4-3-7-16(10-11)14(18)9-15-12-5-2-6-13(8-12)17(19)20/h2,5-6,8,11,15H,3-4,7,9-10H2,1H3. The maximum Gasteiger partial charge on any atom is 0.271 e. The van der Waals surface area contributed by atoms with E-state index in [4.69, 9.17) is 0 Å². The molecule has 1 heterocycles. The third kappa shape index (κ3) is 3.69. The Hall–Kier alpha value is -2.11. The Bertz CT molecular complexity index is 504. The van der Waals surface area contributed by atoms with Crippen molar-refractivity contribution in [3.8, 4) is 0 Å². The van der Waals surface area contributed by atoms with Crippen LogP contribution >= 0.6 is 0 Å². The molecule has 0 spiro atoms. The quantitative estimate of drug-likeness (QED) is 0.676. The first-order chi connectivity index (χ1) is 9.56. The lowest BCUT2D eigenvalue weighted by Gasteiger charge is -2.31. The second kappa shape index (κ2) is 6.36. The van der Waals surface area contributed by atoms with Crippen molar-refractivity contribution in [1.29, 1.82) is 0 Å². The van der Waals surface area contributed by atoms with Crippen molar-refractivity contribution in [2.45, 2.75) is 19.8 Å². The van der Waals surface area contributed by atoms with Crippen LogP contribution in [0.5, 0.6) is 0 Å². The van der Waals surface area contributed by atoms with E-state index in [0.29, 0.717) is 11.6 Å². The third-order valence-corrected chi connectivity index (χ3v) is 3.51. The van der Waals surface area contributed by atoms with Gasteiger partial charge in [0.1, 0.15) is 0 Å². The van der Waals surface area contributed by atoms with Gasteiger partial charge in [-0.3, -0.25) is 14.9 Å². The third-order valence-electron chi connectivity index (χ3n) is 3.51. The minimum atomic E-state index is -0.445. The number of likely N-dealkylation sites (tertiary alicyclic amines) is 1. The van der Waals surface area contributed by atoms with Crippen LogP contribution in [0, 0.1) is 16.0 Å². The summed E-state index contributed by atoms with van der Waals surface area (Å²) < 4.78 is 0. The van der Waals surface area contributed by atoms with Crippen LogP contribution in [0.2, 0.25) is 0 Å². The van der Waals surface area contributed by atoms with E-state index in [1.807, 2.05) is 4.90 Å². The number of anilines is 1. The van der Waals surface area contributed by atoms with E-state index in [1.165, 1.54) is 18.6 Å². The predicted molar refractivity (Wildman–Crippen MR) is 76.6 cm³/mol. The van der Waals surface area contributed by atoms with Crippen LogP contribution in [0.25, 0.3) is 0 Å². The SMILES string of the molecule is CC1CCCN(C(=O)CNc2cccc([N+](=O)[O-])c2)C1. The molecule has 0 radical (unpaired) electrons. The molecule has 0 aliphatic carbocycles. The van der Waals surface area contributed by atoms with Crippen molar-refractivity contribution in [3.05, 3.63) is 34.4 Å². The number of hydrogen-bond donors (Lipinski definition) is 1. The minimum Gasteiger partial charge on any atom is -0.376 e. The van der Waals surface area contributed by atoms with Gasteiger partial charge in [0.05, 0.1) is 11.5 Å². The van der Waals surface area contributed by atoms with Crippen LogP contribution in [0.15, 0.2) is 24.3 Å². The number of nitrogens with one attached hydrogen (secondary N) is 1. The van der Waals surface area contributed by atoms with Crippen molar-refractivity contribution in [2.75, 3.05) is 25.0 Å². The number of benzene rings is 1. The Kier molecular flexibility index (Phi) is 4.55. The summed E-state index contributed by atoms with van der Waals surface area (Å²) in [6.45, 7) is 3.93. The van der Waals surface area contributed by atoms with Crippen LogP contribution in [0.4, 0.5) is 11.4 Å². The summed E-state index contributed by atoms with van der Waals surface area (Å²) in [5.41, 5.74) is 0.617. The molecule has 0 bridgehead atoms. The molecule has 6 heteroatoms. The lowest BCUT2D eigenvalue weighted by Crippen LogP contribution is -2.41. The van der Waals surface area contributed by atoms with Gasteiger partial charge in [-0.2, -0.15) is 0 Å². The fraction of sp³-hybridized carbons (Fsp3) is 0.500. The summed E-state index contributed by atoms with van der Waals surface area (Å²) >= 11 is 0. The van der Waals surface area contributed by atoms with Crippen molar-refractivity contribution in [3.63, 3.8) is 0 Å². The molecule has 1 saturated heterocycles. The molecule has 0 saturated carbocycles. The van der Waals surface area contributed by atoms with E-state index in [0.717, 1.165) is 19.5 Å². The highest BCUT2D eigenvalue weighted by Gasteiger charge is 2.20. The number of carbonyl (C=O) groups excluding carboxylic acids is 1. The van der Waals surface area contributed by atoms with Gasteiger partial charge in [0.25, 0.3) is 5.69 Å². The number of hydrogen-bond acceptors (Lipinski definition) is 4. The van der Waals surface area contributed by atoms with E-state index >= 15 is 0 Å². The molecular weight excluding hydrogens is 258 g/mol. The molecule has 1 N–H and O–H groups in total. The number of amides is 1. The van der Waals surface area contributed by atoms with Gasteiger partial charge in [0, 0.05) is 30.9 Å². The molecule has 1 amide bonds. The fourth-order valence-electron chi connectivity index (χ4n) is 2.43. The van der Waals surface area contributed by atoms with Gasteiger partial charge in [-0.15, -0.1) is 0 Å². The summed E-state index contributed by atoms with van der Waals surface area (Å²) in [6, 6.07) is 6.19. The number of nitrogens with zero attached hydrogens (tertiary/aromatic N) is 2. The molecule has 1 aliphatic rings. The van der Waals surface area contributed by atoms with E-state index < -0.39 is 4.92 Å². The van der Waals surface area contributed by atoms with Gasteiger partial charge < -0.3 is 10.2 Å². The van der Waals surface area contributed by atoms with Crippen LogP contribution in [0.3, 0.4) is 0 Å². The number of nitro groups is 1. The number of rotatable bonds is 4. The van der Waals surface area contributed by atoms with E-state index in [1.54, 1.807) is 12.1 Å². The van der Waals surface area contributed by atoms with Gasteiger partial charge in [-0.25, -0.2) is 0 Å². The highest BCUT2D eigenvalue weighted by molar-refractivity contribution is 5.81. The second-order valence-corrected chi connectivity index (χ2v) is 5.25. The molecule has 1 fully saturated rings. The lowest BCUT2D eigenvalue weighted by atomic mass is 10.0. The topological polar surface area (TPSA) is 75.5 Å². The Labute approximate surface area is 117 Å². The maximum atomic E-state index is 12.1. The predicted octanol–water partition coefficient (Wildman–Crippen LogP) is 2.27. The Morgan fingerprint density at radius 3 is 3.05 bits per heavy atom. The van der Waals surface area contributed by atoms with Gasteiger partial charge >= 0.3 is 0 Å². The molecule has 6 nitrogen and oxygen atoms in total. The Balaban J connectivity index is 1.89. The van der Waals surface area contributed by atoms with E-state index in [2.05, 4.69) is 12.2 Å². The van der Waals surface area contributed by atoms with Crippen LogP contribution in [0.1, 0.15) is 19.8 Å². The summed E-state index contributed by atoms with van der Waals surface area (Å²) in [5, 5.41) is 13.6. The summed E-state index contributed by atoms with van der Waals surface area (Å²) in [6.07, 6.45) is 2.21. The summed E-state index contributed by atoms with van der Waals surface area (Å²) in [5.74, 6) is 0.591. The van der Waals surface area contributed by atoms with Gasteiger partial charge in [-0.1, -0.05) is 13.0 Å². The van der Waals surface area contributed by atoms with Crippen LogP contribution < -0.4 is 5.32 Å². The molecule has 108 valence electrons. The van der Waals surface area contributed by atoms with Gasteiger partial charge in [0.15, 0.2) is 0 Å². The molecular formula is C14H19N3O3. The van der Waals surface area contributed by atoms with Crippen molar-refractivity contribution < 1.29 is 9.72 Å². The monoisotopic (exact) mass is 277 g/mol. The molecule has 1 aromatic rings. The first-order valence-electron chi connectivity index (χ1n) is 6.82. The Morgan fingerprint density at radius 1 is 1.55 bits per heavy atom. The van der Waals surface area contributed by atoms with Crippen LogP contribution in [-0.2, 0) is 4.79 Å². The number of carbonyl (C=O) groups is 1. The van der Waals surface area contributed by atoms with Crippen molar-refractivity contribution >= 4 is 17.3 Å². The molecule has 1 aromatic carbocycles. The van der Waals surface area contributed by atoms with Crippen LogP contribution in [-0.4, -0.2) is 35.4 Å². The second-order valence-electron chi connectivity index (χ2n) is 5.25. The number of nitro benzene ring substituents is 1. The molecule has 1 atom stereocenters. The zero-order valence-electron chi connectivity index (χ0n) is 11.5. The highest BCUT2D eigenvalue weighted by atomic mass is 16.6. The van der Waals surface area contributed by atoms with Crippen molar-refractivity contribution in [1.82, 2.24) is 4.90 Å².